The molecule has 32 heavy (non-hydrogen) atoms. The molecule has 7 heteroatoms. The van der Waals surface area contributed by atoms with Crippen LogP contribution in [0.2, 0.25) is 0 Å². The van der Waals surface area contributed by atoms with Gasteiger partial charge in [-0.1, -0.05) is 12.1 Å². The first kappa shape index (κ1) is 21.2. The Bertz CT molecular complexity index is 1150. The number of fused-ring (bicyclic) bond motifs is 1. The Labute approximate surface area is 192 Å². The van der Waals surface area contributed by atoms with Gasteiger partial charge >= 0.3 is 0 Å². The highest BCUT2D eigenvalue weighted by molar-refractivity contribution is 7.18. The van der Waals surface area contributed by atoms with Crippen molar-refractivity contribution in [3.05, 3.63) is 47.0 Å². The minimum Gasteiger partial charge on any atom is -0.493 e. The van der Waals surface area contributed by atoms with Crippen molar-refractivity contribution in [1.82, 2.24) is 9.88 Å². The van der Waals surface area contributed by atoms with Gasteiger partial charge in [-0.3, -0.25) is 9.69 Å². The van der Waals surface area contributed by atoms with Crippen molar-refractivity contribution in [1.29, 1.82) is 0 Å². The Balaban J connectivity index is 1.18. The summed E-state index contributed by atoms with van der Waals surface area (Å²) in [7, 11) is 3.36. The van der Waals surface area contributed by atoms with E-state index in [-0.39, 0.29) is 17.2 Å². The van der Waals surface area contributed by atoms with Crippen molar-refractivity contribution in [2.24, 2.45) is 11.3 Å². The number of nitrogens with one attached hydrogen (secondary N) is 1. The molecule has 1 spiro atoms. The van der Waals surface area contributed by atoms with Crippen molar-refractivity contribution in [3.8, 4) is 11.5 Å². The van der Waals surface area contributed by atoms with Gasteiger partial charge in [-0.25, -0.2) is 4.98 Å². The predicted octanol–water partition coefficient (Wildman–Crippen LogP) is 4.86. The van der Waals surface area contributed by atoms with Crippen LogP contribution < -0.4 is 14.8 Å². The summed E-state index contributed by atoms with van der Waals surface area (Å²) in [5.41, 5.74) is 3.11. The largest absolute Gasteiger partial charge is 0.493 e. The quantitative estimate of drug-likeness (QED) is 0.580. The van der Waals surface area contributed by atoms with Crippen LogP contribution in [0.4, 0.5) is 5.69 Å². The summed E-state index contributed by atoms with van der Waals surface area (Å²) in [5.74, 6) is 1.85. The average molecular weight is 452 g/mol. The van der Waals surface area contributed by atoms with Crippen LogP contribution in [0.1, 0.15) is 29.8 Å². The van der Waals surface area contributed by atoms with Gasteiger partial charge in [0.1, 0.15) is 0 Å². The molecule has 2 aliphatic rings. The molecule has 1 amide bonds. The number of ether oxygens (including phenoxy) is 2. The second-order valence-corrected chi connectivity index (χ2v) is 10.2. The van der Waals surface area contributed by atoms with Gasteiger partial charge in [-0.15, -0.1) is 11.3 Å². The number of aryl methyl sites for hydroxylation is 1. The highest BCUT2D eigenvalue weighted by atomic mass is 32.1. The van der Waals surface area contributed by atoms with E-state index >= 15 is 0 Å². The van der Waals surface area contributed by atoms with Crippen molar-refractivity contribution in [2.75, 3.05) is 32.6 Å². The molecule has 1 atom stereocenters. The van der Waals surface area contributed by atoms with Crippen molar-refractivity contribution < 1.29 is 14.3 Å². The first-order chi connectivity index (χ1) is 15.5. The molecule has 6 nitrogen and oxygen atoms in total. The van der Waals surface area contributed by atoms with Crippen molar-refractivity contribution in [2.45, 2.75) is 32.7 Å². The first-order valence-corrected chi connectivity index (χ1v) is 11.9. The Morgan fingerprint density at radius 2 is 2.03 bits per heavy atom. The SMILES string of the molecule is COc1cccc(CN2CCC3(CC2)C[C@@H]3C(=O)Nc2ccc3sc(C)nc3c2)c1OC. The molecule has 2 fully saturated rings. The monoisotopic (exact) mass is 451 g/mol. The number of thiazole rings is 1. The van der Waals surface area contributed by atoms with Crippen LogP contribution in [0.5, 0.6) is 11.5 Å². The topological polar surface area (TPSA) is 63.7 Å². The fourth-order valence-electron chi connectivity index (χ4n) is 5.10. The number of hydrogen-bond donors (Lipinski definition) is 1. The number of carbonyl (C=O) groups is 1. The van der Waals surface area contributed by atoms with E-state index in [0.717, 1.165) is 76.9 Å². The number of aromatic nitrogens is 1. The number of rotatable bonds is 6. The molecule has 1 aliphatic heterocycles. The third kappa shape index (κ3) is 3.95. The van der Waals surface area contributed by atoms with Crippen LogP contribution in [0.3, 0.4) is 0 Å². The van der Waals surface area contributed by atoms with Gasteiger partial charge < -0.3 is 14.8 Å². The number of benzene rings is 2. The van der Waals surface area contributed by atoms with Crippen molar-refractivity contribution >= 4 is 33.1 Å². The molecule has 2 heterocycles. The lowest BCUT2D eigenvalue weighted by molar-refractivity contribution is -0.118. The maximum Gasteiger partial charge on any atom is 0.228 e. The van der Waals surface area contributed by atoms with E-state index in [1.807, 2.05) is 37.3 Å². The van der Waals surface area contributed by atoms with E-state index in [9.17, 15) is 4.79 Å². The Morgan fingerprint density at radius 3 is 2.78 bits per heavy atom. The Kier molecular flexibility index (Phi) is 5.55. The van der Waals surface area contributed by atoms with E-state index in [2.05, 4.69) is 21.3 Å². The van der Waals surface area contributed by atoms with Gasteiger partial charge in [0.05, 0.1) is 29.4 Å². The van der Waals surface area contributed by atoms with E-state index in [0.29, 0.717) is 0 Å². The number of hydrogen-bond acceptors (Lipinski definition) is 6. The average Bonchev–Trinajstić information content (AvgIpc) is 3.37. The third-order valence-corrected chi connectivity index (χ3v) is 7.95. The van der Waals surface area contributed by atoms with Crippen LogP contribution in [-0.2, 0) is 11.3 Å². The number of para-hydroxylation sites is 1. The number of anilines is 1. The van der Waals surface area contributed by atoms with Gasteiger partial charge in [0.2, 0.25) is 5.91 Å². The molecule has 168 valence electrons. The number of likely N-dealkylation sites (tertiary alicyclic amines) is 1. The fraction of sp³-hybridized carbons (Fsp3) is 0.440. The number of methoxy groups -OCH3 is 2. The summed E-state index contributed by atoms with van der Waals surface area (Å²) in [6.07, 6.45) is 3.11. The van der Waals surface area contributed by atoms with E-state index in [1.54, 1.807) is 25.6 Å². The molecular formula is C25H29N3O3S. The molecule has 0 radical (unpaired) electrons. The molecule has 2 aromatic carbocycles. The molecule has 1 aliphatic carbocycles. The summed E-state index contributed by atoms with van der Waals surface area (Å²) in [4.78, 5) is 19.9. The Hall–Kier alpha value is -2.64. The maximum absolute atomic E-state index is 12.9. The lowest BCUT2D eigenvalue weighted by atomic mass is 9.90. The number of amides is 1. The van der Waals surface area contributed by atoms with Gasteiger partial charge in [0.25, 0.3) is 0 Å². The molecule has 3 aromatic rings. The lowest BCUT2D eigenvalue weighted by Gasteiger charge is -2.33. The molecule has 1 saturated carbocycles. The van der Waals surface area contributed by atoms with Gasteiger partial charge in [-0.05, 0) is 69.0 Å². The number of nitrogens with zero attached hydrogens (tertiary/aromatic N) is 2. The summed E-state index contributed by atoms with van der Waals surface area (Å²) in [6.45, 7) is 4.83. The smallest absolute Gasteiger partial charge is 0.228 e. The second kappa shape index (κ2) is 8.37. The second-order valence-electron chi connectivity index (χ2n) is 8.95. The fourth-order valence-corrected chi connectivity index (χ4v) is 5.90. The zero-order valence-corrected chi connectivity index (χ0v) is 19.6. The van der Waals surface area contributed by atoms with Crippen LogP contribution in [0, 0.1) is 18.3 Å². The van der Waals surface area contributed by atoms with Crippen LogP contribution in [-0.4, -0.2) is 43.1 Å². The van der Waals surface area contributed by atoms with E-state index < -0.39 is 0 Å². The molecule has 1 aromatic heterocycles. The first-order valence-electron chi connectivity index (χ1n) is 11.1. The summed E-state index contributed by atoms with van der Waals surface area (Å²) >= 11 is 1.68. The number of carbonyl (C=O) groups excluding carboxylic acids is 1. The van der Waals surface area contributed by atoms with Crippen molar-refractivity contribution in [3.63, 3.8) is 0 Å². The zero-order chi connectivity index (χ0) is 22.3. The third-order valence-electron chi connectivity index (χ3n) is 7.00. The lowest BCUT2D eigenvalue weighted by Crippen LogP contribution is -2.35. The summed E-state index contributed by atoms with van der Waals surface area (Å²) in [5, 5.41) is 4.18. The minimum absolute atomic E-state index is 0.115. The molecule has 1 N–H and O–H groups in total. The predicted molar refractivity (Wildman–Crippen MR) is 128 cm³/mol. The maximum atomic E-state index is 12.9. The van der Waals surface area contributed by atoms with Gasteiger partial charge in [-0.2, -0.15) is 0 Å². The number of piperidine rings is 1. The van der Waals surface area contributed by atoms with E-state index in [1.165, 1.54) is 0 Å². The normalized spacial score (nSPS) is 19.8. The highest BCUT2D eigenvalue weighted by Gasteiger charge is 2.58. The molecule has 0 unspecified atom stereocenters. The highest BCUT2D eigenvalue weighted by Crippen LogP contribution is 2.59. The molecule has 1 saturated heterocycles. The molecular weight excluding hydrogens is 422 g/mol. The summed E-state index contributed by atoms with van der Waals surface area (Å²) < 4.78 is 12.2. The minimum atomic E-state index is 0.115. The van der Waals surface area contributed by atoms with Gasteiger partial charge in [0.15, 0.2) is 11.5 Å². The van der Waals surface area contributed by atoms with Crippen LogP contribution in [0.25, 0.3) is 10.2 Å². The molecule has 5 rings (SSSR count). The molecule has 0 bridgehead atoms. The summed E-state index contributed by atoms with van der Waals surface area (Å²) in [6, 6.07) is 12.0. The zero-order valence-electron chi connectivity index (χ0n) is 18.8. The van der Waals surface area contributed by atoms with Crippen LogP contribution in [0.15, 0.2) is 36.4 Å². The van der Waals surface area contributed by atoms with E-state index in [4.69, 9.17) is 9.47 Å². The van der Waals surface area contributed by atoms with Crippen LogP contribution >= 0.6 is 11.3 Å². The Morgan fingerprint density at radius 1 is 1.22 bits per heavy atom. The standard InChI is InChI=1S/C25H29N3O3S/c1-16-26-20-13-18(7-8-22(20)32-16)27-24(29)19-14-25(19)9-11-28(12-10-25)15-17-5-4-6-21(30-2)23(17)31-3/h4-8,13,19H,9-12,14-15H2,1-3H3,(H,27,29)/t19-/m1/s1. The van der Waals surface area contributed by atoms with Gasteiger partial charge in [0, 0.05) is 23.7 Å².